The smallest absolute Gasteiger partial charge is 0.0813 e. The first kappa shape index (κ1) is 15.7. The SMILES string of the molecule is CC(C)C(C)OCc1ccc(CNC(C)(C)C)s1. The molecule has 3 heteroatoms. The quantitative estimate of drug-likeness (QED) is 0.836. The van der Waals surface area contributed by atoms with Gasteiger partial charge in [-0.1, -0.05) is 13.8 Å². The molecule has 0 saturated heterocycles. The van der Waals surface area contributed by atoms with E-state index in [-0.39, 0.29) is 5.54 Å². The van der Waals surface area contributed by atoms with Crippen LogP contribution < -0.4 is 5.32 Å². The molecular weight excluding hydrogens is 242 g/mol. The average molecular weight is 269 g/mol. The van der Waals surface area contributed by atoms with Crippen LogP contribution in [0.5, 0.6) is 0 Å². The molecule has 18 heavy (non-hydrogen) atoms. The van der Waals surface area contributed by atoms with Gasteiger partial charge in [-0.2, -0.15) is 0 Å². The van der Waals surface area contributed by atoms with E-state index < -0.39 is 0 Å². The molecule has 0 saturated carbocycles. The minimum atomic E-state index is 0.173. The van der Waals surface area contributed by atoms with E-state index in [4.69, 9.17) is 4.74 Å². The van der Waals surface area contributed by atoms with E-state index >= 15 is 0 Å². The summed E-state index contributed by atoms with van der Waals surface area (Å²) in [6.45, 7) is 14.8. The molecule has 1 atom stereocenters. The molecule has 1 rings (SSSR count). The first-order valence-electron chi connectivity index (χ1n) is 6.72. The van der Waals surface area contributed by atoms with Crippen LogP contribution in [-0.4, -0.2) is 11.6 Å². The summed E-state index contributed by atoms with van der Waals surface area (Å²) < 4.78 is 5.84. The van der Waals surface area contributed by atoms with Gasteiger partial charge >= 0.3 is 0 Å². The number of ether oxygens (including phenoxy) is 1. The largest absolute Gasteiger partial charge is 0.373 e. The molecule has 0 aliphatic rings. The Balaban J connectivity index is 2.39. The van der Waals surface area contributed by atoms with Crippen LogP contribution in [0, 0.1) is 5.92 Å². The summed E-state index contributed by atoms with van der Waals surface area (Å²) >= 11 is 1.84. The van der Waals surface area contributed by atoms with Crippen molar-refractivity contribution in [2.45, 2.75) is 66.3 Å². The van der Waals surface area contributed by atoms with Crippen molar-refractivity contribution in [3.8, 4) is 0 Å². The van der Waals surface area contributed by atoms with E-state index in [1.54, 1.807) is 0 Å². The molecule has 2 nitrogen and oxygen atoms in total. The third-order valence-electron chi connectivity index (χ3n) is 2.94. The maximum atomic E-state index is 5.84. The van der Waals surface area contributed by atoms with E-state index in [0.29, 0.717) is 12.0 Å². The Kier molecular flexibility index (Phi) is 5.83. The van der Waals surface area contributed by atoms with E-state index in [1.165, 1.54) is 9.75 Å². The van der Waals surface area contributed by atoms with Crippen LogP contribution in [0.4, 0.5) is 0 Å². The fraction of sp³-hybridized carbons (Fsp3) is 0.733. The molecule has 0 bridgehead atoms. The fourth-order valence-electron chi connectivity index (χ4n) is 1.35. The minimum Gasteiger partial charge on any atom is -0.373 e. The van der Waals surface area contributed by atoms with E-state index in [0.717, 1.165) is 13.2 Å². The second-order valence-electron chi connectivity index (χ2n) is 6.23. The lowest BCUT2D eigenvalue weighted by Gasteiger charge is -2.19. The third-order valence-corrected chi connectivity index (χ3v) is 4.00. The molecule has 0 amide bonds. The van der Waals surface area contributed by atoms with Gasteiger partial charge in [-0.25, -0.2) is 0 Å². The highest BCUT2D eigenvalue weighted by Gasteiger charge is 2.11. The lowest BCUT2D eigenvalue weighted by atomic mass is 10.1. The normalized spacial score (nSPS) is 14.2. The molecule has 104 valence electrons. The van der Waals surface area contributed by atoms with Crippen LogP contribution in [-0.2, 0) is 17.9 Å². The Morgan fingerprint density at radius 1 is 1.17 bits per heavy atom. The topological polar surface area (TPSA) is 21.3 Å². The number of nitrogens with one attached hydrogen (secondary N) is 1. The highest BCUT2D eigenvalue weighted by Crippen LogP contribution is 2.19. The number of hydrogen-bond donors (Lipinski definition) is 1. The molecule has 1 aromatic heterocycles. The summed E-state index contributed by atoms with van der Waals surface area (Å²) in [5.41, 5.74) is 0.173. The molecule has 0 aromatic carbocycles. The summed E-state index contributed by atoms with van der Waals surface area (Å²) in [7, 11) is 0. The molecule has 1 aromatic rings. The van der Waals surface area contributed by atoms with Crippen LogP contribution >= 0.6 is 11.3 Å². The minimum absolute atomic E-state index is 0.173. The molecule has 1 unspecified atom stereocenters. The highest BCUT2D eigenvalue weighted by molar-refractivity contribution is 7.11. The van der Waals surface area contributed by atoms with Gasteiger partial charge in [0.15, 0.2) is 0 Å². The monoisotopic (exact) mass is 269 g/mol. The maximum absolute atomic E-state index is 5.84. The number of hydrogen-bond acceptors (Lipinski definition) is 3. The molecule has 0 radical (unpaired) electrons. The van der Waals surface area contributed by atoms with Crippen molar-refractivity contribution >= 4 is 11.3 Å². The van der Waals surface area contributed by atoms with Crippen molar-refractivity contribution in [1.29, 1.82) is 0 Å². The molecule has 0 fully saturated rings. The predicted octanol–water partition coefficient (Wildman–Crippen LogP) is 4.20. The molecule has 0 aliphatic carbocycles. The molecular formula is C15H27NOS. The van der Waals surface area contributed by atoms with Crippen LogP contribution in [0.25, 0.3) is 0 Å². The zero-order chi connectivity index (χ0) is 13.8. The molecule has 1 N–H and O–H groups in total. The van der Waals surface area contributed by atoms with Gasteiger partial charge in [0, 0.05) is 21.8 Å². The van der Waals surface area contributed by atoms with Crippen LogP contribution in [0.1, 0.15) is 51.3 Å². The van der Waals surface area contributed by atoms with Gasteiger partial charge < -0.3 is 10.1 Å². The van der Waals surface area contributed by atoms with E-state index in [2.05, 4.69) is 59.0 Å². The second-order valence-corrected chi connectivity index (χ2v) is 7.48. The van der Waals surface area contributed by atoms with Crippen LogP contribution in [0.15, 0.2) is 12.1 Å². The van der Waals surface area contributed by atoms with Crippen molar-refractivity contribution in [1.82, 2.24) is 5.32 Å². The zero-order valence-electron chi connectivity index (χ0n) is 12.5. The summed E-state index contributed by atoms with van der Waals surface area (Å²) in [5, 5.41) is 3.50. The van der Waals surface area contributed by atoms with Crippen molar-refractivity contribution in [2.24, 2.45) is 5.92 Å². The van der Waals surface area contributed by atoms with Gasteiger partial charge in [-0.15, -0.1) is 11.3 Å². The Morgan fingerprint density at radius 2 is 1.78 bits per heavy atom. The van der Waals surface area contributed by atoms with Gasteiger partial charge in [-0.05, 0) is 45.7 Å². The lowest BCUT2D eigenvalue weighted by Crippen LogP contribution is -2.34. The first-order valence-corrected chi connectivity index (χ1v) is 7.54. The third kappa shape index (κ3) is 5.98. The van der Waals surface area contributed by atoms with Crippen molar-refractivity contribution in [3.05, 3.63) is 21.9 Å². The number of thiophene rings is 1. The lowest BCUT2D eigenvalue weighted by molar-refractivity contribution is 0.0249. The molecule has 0 aliphatic heterocycles. The first-order chi connectivity index (χ1) is 8.28. The maximum Gasteiger partial charge on any atom is 0.0813 e. The van der Waals surface area contributed by atoms with E-state index in [1.807, 2.05) is 11.3 Å². The Morgan fingerprint density at radius 3 is 2.33 bits per heavy atom. The average Bonchev–Trinajstić information content (AvgIpc) is 2.70. The summed E-state index contributed by atoms with van der Waals surface area (Å²) in [6, 6.07) is 4.37. The van der Waals surface area contributed by atoms with Crippen molar-refractivity contribution in [2.75, 3.05) is 0 Å². The van der Waals surface area contributed by atoms with Gasteiger partial charge in [0.05, 0.1) is 12.7 Å². The fourth-order valence-corrected chi connectivity index (χ4v) is 2.23. The summed E-state index contributed by atoms with van der Waals surface area (Å²) in [4.78, 5) is 2.69. The van der Waals surface area contributed by atoms with Crippen molar-refractivity contribution in [3.63, 3.8) is 0 Å². The van der Waals surface area contributed by atoms with Crippen LogP contribution in [0.3, 0.4) is 0 Å². The summed E-state index contributed by atoms with van der Waals surface area (Å²) in [6.07, 6.45) is 0.322. The summed E-state index contributed by atoms with van der Waals surface area (Å²) in [5.74, 6) is 0.576. The van der Waals surface area contributed by atoms with E-state index in [9.17, 15) is 0 Å². The second kappa shape index (κ2) is 6.69. The highest BCUT2D eigenvalue weighted by atomic mass is 32.1. The standard InChI is InChI=1S/C15H27NOS/c1-11(2)12(3)17-10-14-8-7-13(18-14)9-16-15(4,5)6/h7-8,11-12,16H,9-10H2,1-6H3. The van der Waals surface area contributed by atoms with Crippen molar-refractivity contribution < 1.29 is 4.74 Å². The van der Waals surface area contributed by atoms with Crippen LogP contribution in [0.2, 0.25) is 0 Å². The Bertz CT molecular complexity index is 352. The Labute approximate surface area is 116 Å². The van der Waals surface area contributed by atoms with Gasteiger partial charge in [0.2, 0.25) is 0 Å². The van der Waals surface area contributed by atoms with Gasteiger partial charge in [-0.3, -0.25) is 0 Å². The predicted molar refractivity (Wildman–Crippen MR) is 80.0 cm³/mol. The molecule has 0 spiro atoms. The number of rotatable bonds is 6. The molecule has 1 heterocycles. The van der Waals surface area contributed by atoms with Gasteiger partial charge in [0.25, 0.3) is 0 Å². The zero-order valence-corrected chi connectivity index (χ0v) is 13.4. The van der Waals surface area contributed by atoms with Gasteiger partial charge in [0.1, 0.15) is 0 Å². The Hall–Kier alpha value is -0.380.